The van der Waals surface area contributed by atoms with E-state index in [1.165, 1.54) is 6.07 Å². The lowest BCUT2D eigenvalue weighted by atomic mass is 10.1. The highest BCUT2D eigenvalue weighted by atomic mass is 19.1. The van der Waals surface area contributed by atoms with Crippen LogP contribution in [-0.2, 0) is 11.2 Å². The summed E-state index contributed by atoms with van der Waals surface area (Å²) in [6, 6.07) is 6.68. The van der Waals surface area contributed by atoms with Crippen LogP contribution in [-0.4, -0.2) is 24.2 Å². The smallest absolute Gasteiger partial charge is 0.303 e. The van der Waals surface area contributed by atoms with Crippen molar-refractivity contribution in [2.75, 3.05) is 13.1 Å². The maximum Gasteiger partial charge on any atom is 0.303 e. The lowest BCUT2D eigenvalue weighted by molar-refractivity contribution is -0.137. The predicted octanol–water partition coefficient (Wildman–Crippen LogP) is 1.82. The van der Waals surface area contributed by atoms with Crippen LogP contribution in [0.15, 0.2) is 24.3 Å². The number of aliphatic carboxylic acids is 1. The molecule has 1 rings (SSSR count). The van der Waals surface area contributed by atoms with Crippen LogP contribution in [0.5, 0.6) is 0 Å². The Morgan fingerprint density at radius 3 is 2.75 bits per heavy atom. The first kappa shape index (κ1) is 12.6. The maximum absolute atomic E-state index is 13.2. The van der Waals surface area contributed by atoms with Crippen LogP contribution in [0.4, 0.5) is 4.39 Å². The molecule has 0 amide bonds. The van der Waals surface area contributed by atoms with E-state index < -0.39 is 5.97 Å². The Morgan fingerprint density at radius 1 is 1.31 bits per heavy atom. The highest BCUT2D eigenvalue weighted by Crippen LogP contribution is 2.05. The monoisotopic (exact) mass is 225 g/mol. The van der Waals surface area contributed by atoms with Gasteiger partial charge in [0.25, 0.3) is 0 Å². The molecule has 88 valence electrons. The van der Waals surface area contributed by atoms with E-state index in [2.05, 4.69) is 5.32 Å². The first-order valence-corrected chi connectivity index (χ1v) is 5.36. The summed E-state index contributed by atoms with van der Waals surface area (Å²) in [7, 11) is 0. The Morgan fingerprint density at radius 2 is 2.06 bits per heavy atom. The molecule has 1 aromatic rings. The molecular weight excluding hydrogens is 209 g/mol. The number of hydrogen-bond acceptors (Lipinski definition) is 2. The molecule has 1 aromatic carbocycles. The van der Waals surface area contributed by atoms with Crippen LogP contribution < -0.4 is 5.32 Å². The molecule has 16 heavy (non-hydrogen) atoms. The second kappa shape index (κ2) is 6.95. The van der Waals surface area contributed by atoms with E-state index in [-0.39, 0.29) is 12.2 Å². The fourth-order valence-electron chi connectivity index (χ4n) is 1.41. The molecule has 0 atom stereocenters. The molecule has 3 nitrogen and oxygen atoms in total. The van der Waals surface area contributed by atoms with Crippen molar-refractivity contribution in [2.24, 2.45) is 0 Å². The second-order valence-corrected chi connectivity index (χ2v) is 3.59. The third-order valence-electron chi connectivity index (χ3n) is 2.27. The number of rotatable bonds is 7. The largest absolute Gasteiger partial charge is 0.481 e. The third-order valence-corrected chi connectivity index (χ3v) is 2.27. The van der Waals surface area contributed by atoms with Gasteiger partial charge in [-0.3, -0.25) is 4.79 Å². The van der Waals surface area contributed by atoms with E-state index in [1.807, 2.05) is 6.07 Å². The number of carboxylic acids is 1. The number of nitrogens with one attached hydrogen (secondary N) is 1. The van der Waals surface area contributed by atoms with Gasteiger partial charge in [0.15, 0.2) is 0 Å². The zero-order valence-electron chi connectivity index (χ0n) is 9.08. The molecule has 0 saturated carbocycles. The summed E-state index contributed by atoms with van der Waals surface area (Å²) >= 11 is 0. The van der Waals surface area contributed by atoms with Crippen molar-refractivity contribution in [3.8, 4) is 0 Å². The molecule has 0 saturated heterocycles. The zero-order valence-corrected chi connectivity index (χ0v) is 9.08. The topological polar surface area (TPSA) is 49.3 Å². The van der Waals surface area contributed by atoms with Crippen molar-refractivity contribution in [2.45, 2.75) is 19.3 Å². The van der Waals surface area contributed by atoms with Gasteiger partial charge in [-0.15, -0.1) is 0 Å². The van der Waals surface area contributed by atoms with Crippen molar-refractivity contribution >= 4 is 5.97 Å². The Bertz CT molecular complexity index is 342. The average molecular weight is 225 g/mol. The molecule has 4 heteroatoms. The first-order chi connectivity index (χ1) is 7.70. The van der Waals surface area contributed by atoms with Crippen LogP contribution in [0.2, 0.25) is 0 Å². The second-order valence-electron chi connectivity index (χ2n) is 3.59. The van der Waals surface area contributed by atoms with Crippen molar-refractivity contribution in [1.29, 1.82) is 0 Å². The van der Waals surface area contributed by atoms with E-state index >= 15 is 0 Å². The van der Waals surface area contributed by atoms with Crippen molar-refractivity contribution in [3.05, 3.63) is 35.6 Å². The summed E-state index contributed by atoms with van der Waals surface area (Å²) in [6.45, 7) is 1.32. The number of halogens is 1. The van der Waals surface area contributed by atoms with E-state index in [9.17, 15) is 9.18 Å². The summed E-state index contributed by atoms with van der Waals surface area (Å²) in [5.74, 6) is -0.967. The number of hydrogen-bond donors (Lipinski definition) is 2. The van der Waals surface area contributed by atoms with Crippen LogP contribution in [0.3, 0.4) is 0 Å². The highest BCUT2D eigenvalue weighted by Gasteiger charge is 2.00. The molecule has 0 bridgehead atoms. The molecule has 0 aromatic heterocycles. The van der Waals surface area contributed by atoms with Gasteiger partial charge < -0.3 is 10.4 Å². The Labute approximate surface area is 94.3 Å². The average Bonchev–Trinajstić information content (AvgIpc) is 2.25. The quantitative estimate of drug-likeness (QED) is 0.696. The Balaban J connectivity index is 2.12. The SMILES string of the molecule is O=C(O)CCCNCCc1ccccc1F. The summed E-state index contributed by atoms with van der Waals surface area (Å²) < 4.78 is 13.2. The number of benzene rings is 1. The minimum Gasteiger partial charge on any atom is -0.481 e. The van der Waals surface area contributed by atoms with Gasteiger partial charge in [0, 0.05) is 6.42 Å². The zero-order chi connectivity index (χ0) is 11.8. The van der Waals surface area contributed by atoms with E-state index in [4.69, 9.17) is 5.11 Å². The fraction of sp³-hybridized carbons (Fsp3) is 0.417. The fourth-order valence-corrected chi connectivity index (χ4v) is 1.41. The molecule has 0 aliphatic carbocycles. The molecule has 0 aliphatic heterocycles. The highest BCUT2D eigenvalue weighted by molar-refractivity contribution is 5.66. The van der Waals surface area contributed by atoms with Crippen molar-refractivity contribution in [3.63, 3.8) is 0 Å². The minimum absolute atomic E-state index is 0.173. The number of carbonyl (C=O) groups is 1. The Kier molecular flexibility index (Phi) is 5.50. The summed E-state index contributed by atoms with van der Waals surface area (Å²) in [5.41, 5.74) is 0.688. The molecule has 0 unspecified atom stereocenters. The molecule has 2 N–H and O–H groups in total. The van der Waals surface area contributed by atoms with Gasteiger partial charge in [-0.1, -0.05) is 18.2 Å². The molecule has 0 aliphatic rings. The van der Waals surface area contributed by atoms with Crippen LogP contribution >= 0.6 is 0 Å². The summed E-state index contributed by atoms with van der Waals surface area (Å²) in [5, 5.41) is 11.5. The first-order valence-electron chi connectivity index (χ1n) is 5.36. The van der Waals surface area contributed by atoms with Crippen LogP contribution in [0.25, 0.3) is 0 Å². The van der Waals surface area contributed by atoms with Crippen LogP contribution in [0, 0.1) is 5.82 Å². The molecule has 0 spiro atoms. The lowest BCUT2D eigenvalue weighted by Crippen LogP contribution is -2.19. The molecule has 0 heterocycles. The third kappa shape index (κ3) is 4.89. The van der Waals surface area contributed by atoms with Gasteiger partial charge in [0.2, 0.25) is 0 Å². The van der Waals surface area contributed by atoms with Crippen molar-refractivity contribution in [1.82, 2.24) is 5.32 Å². The normalized spacial score (nSPS) is 10.3. The van der Waals surface area contributed by atoms with Gasteiger partial charge in [-0.25, -0.2) is 4.39 Å². The predicted molar refractivity (Wildman–Crippen MR) is 59.8 cm³/mol. The van der Waals surface area contributed by atoms with Gasteiger partial charge in [-0.2, -0.15) is 0 Å². The van der Waals surface area contributed by atoms with E-state index in [1.54, 1.807) is 12.1 Å². The van der Waals surface area contributed by atoms with Gasteiger partial charge in [0.05, 0.1) is 0 Å². The Hall–Kier alpha value is -1.42. The summed E-state index contributed by atoms with van der Waals surface area (Å²) in [4.78, 5) is 10.2. The van der Waals surface area contributed by atoms with Crippen LogP contribution in [0.1, 0.15) is 18.4 Å². The molecule has 0 radical (unpaired) electrons. The van der Waals surface area contributed by atoms with Gasteiger partial charge in [-0.05, 0) is 37.6 Å². The van der Waals surface area contributed by atoms with E-state index in [0.717, 1.165) is 0 Å². The molecular formula is C12H16FNO2. The minimum atomic E-state index is -0.782. The van der Waals surface area contributed by atoms with Gasteiger partial charge in [0.1, 0.15) is 5.82 Å². The number of carboxylic acid groups (broad SMARTS) is 1. The van der Waals surface area contributed by atoms with Crippen molar-refractivity contribution < 1.29 is 14.3 Å². The maximum atomic E-state index is 13.2. The van der Waals surface area contributed by atoms with Gasteiger partial charge >= 0.3 is 5.97 Å². The molecule has 0 fully saturated rings. The standard InChI is InChI=1S/C12H16FNO2/c13-11-5-2-1-4-10(11)7-9-14-8-3-6-12(15)16/h1-2,4-5,14H,3,6-9H2,(H,15,16). The van der Waals surface area contributed by atoms with E-state index in [0.29, 0.717) is 31.5 Å². The lowest BCUT2D eigenvalue weighted by Gasteiger charge is -2.04. The summed E-state index contributed by atoms with van der Waals surface area (Å²) in [6.07, 6.45) is 1.40.